The second-order valence-corrected chi connectivity index (χ2v) is 1.86. The summed E-state index contributed by atoms with van der Waals surface area (Å²) in [5.41, 5.74) is 0. The first-order chi connectivity index (χ1) is 5.36. The van der Waals surface area contributed by atoms with E-state index in [0.29, 0.717) is 5.75 Å². The Kier molecular flexibility index (Phi) is 2.49. The maximum absolute atomic E-state index is 9.75. The molecule has 0 bridgehead atoms. The number of benzene rings is 1. The van der Waals surface area contributed by atoms with Gasteiger partial charge in [0.15, 0.2) is 6.47 Å². The Balaban J connectivity index is 2.74. The van der Waals surface area contributed by atoms with Crippen LogP contribution in [-0.2, 0) is 4.79 Å². The molecule has 0 aliphatic carbocycles. The van der Waals surface area contributed by atoms with Crippen molar-refractivity contribution in [3.63, 3.8) is 0 Å². The van der Waals surface area contributed by atoms with Crippen molar-refractivity contribution in [2.45, 2.75) is 0 Å². The Morgan fingerprint density at radius 1 is 1.18 bits per heavy atom. The van der Waals surface area contributed by atoms with Crippen molar-refractivity contribution in [1.82, 2.24) is 0 Å². The third-order valence-corrected chi connectivity index (χ3v) is 1.22. The van der Waals surface area contributed by atoms with E-state index in [9.17, 15) is 4.79 Å². The highest BCUT2D eigenvalue weighted by atomic mass is 16.5. The summed E-state index contributed by atoms with van der Waals surface area (Å²) in [5, 5.41) is 0. The maximum Gasteiger partial charge on any atom is 0.170 e. The predicted molar refractivity (Wildman–Crippen MR) is 39.3 cm³/mol. The lowest BCUT2D eigenvalue weighted by atomic mass is 10.3. The van der Waals surface area contributed by atoms with Gasteiger partial charge in [-0.3, -0.25) is 0 Å². The fourth-order valence-electron chi connectivity index (χ4n) is 0.692. The second-order valence-electron chi connectivity index (χ2n) is 1.86. The van der Waals surface area contributed by atoms with Crippen molar-refractivity contribution in [1.29, 1.82) is 0 Å². The van der Waals surface area contributed by atoms with Gasteiger partial charge < -0.3 is 14.3 Å². The molecule has 0 amide bonds. The van der Waals surface area contributed by atoms with E-state index in [0.717, 1.165) is 5.75 Å². The molecule has 0 aliphatic rings. The average Bonchev–Trinajstić information content (AvgIpc) is 2.07. The summed E-state index contributed by atoms with van der Waals surface area (Å²) in [6.45, 7) is 1.33. The lowest BCUT2D eigenvalue weighted by Crippen LogP contribution is -1.88. The summed E-state index contributed by atoms with van der Waals surface area (Å²) in [6.07, 6.45) is 0. The van der Waals surface area contributed by atoms with Crippen LogP contribution in [0.4, 0.5) is 0 Å². The number of methoxy groups -OCH3 is 1. The molecule has 0 spiro atoms. The molecule has 3 heteroatoms. The number of hydrogen-bond acceptors (Lipinski definition) is 3. The molecule has 0 aliphatic heterocycles. The SMILES string of the molecule is COc1ccc(O[C-]=O)cc1. The highest BCUT2D eigenvalue weighted by molar-refractivity contribution is 5.46. The molecule has 0 radical (unpaired) electrons. The Morgan fingerprint density at radius 3 is 2.18 bits per heavy atom. The van der Waals surface area contributed by atoms with Crippen molar-refractivity contribution < 1.29 is 14.3 Å². The quantitative estimate of drug-likeness (QED) is 0.607. The topological polar surface area (TPSA) is 35.5 Å². The van der Waals surface area contributed by atoms with Crippen LogP contribution >= 0.6 is 0 Å². The monoisotopic (exact) mass is 151 g/mol. The maximum atomic E-state index is 9.75. The molecule has 0 fully saturated rings. The van der Waals surface area contributed by atoms with Crippen LogP contribution in [0.2, 0.25) is 0 Å². The lowest BCUT2D eigenvalue weighted by Gasteiger charge is -2.08. The molecular formula is C8H7O3-. The summed E-state index contributed by atoms with van der Waals surface area (Å²) in [4.78, 5) is 9.75. The standard InChI is InChI=1S/C8H7O3/c1-10-7-2-4-8(5-3-7)11-6-9/h2-5H,1H3/q-1. The summed E-state index contributed by atoms with van der Waals surface area (Å²) < 4.78 is 9.34. The molecular weight excluding hydrogens is 144 g/mol. The van der Waals surface area contributed by atoms with Gasteiger partial charge in [0.2, 0.25) is 0 Å². The summed E-state index contributed by atoms with van der Waals surface area (Å²) in [6, 6.07) is 6.66. The third-order valence-electron chi connectivity index (χ3n) is 1.22. The van der Waals surface area contributed by atoms with Gasteiger partial charge >= 0.3 is 0 Å². The average molecular weight is 151 g/mol. The molecule has 0 atom stereocenters. The summed E-state index contributed by atoms with van der Waals surface area (Å²) >= 11 is 0. The van der Waals surface area contributed by atoms with Crippen molar-refractivity contribution in [3.8, 4) is 11.5 Å². The molecule has 1 rings (SSSR count). The van der Waals surface area contributed by atoms with E-state index in [4.69, 9.17) is 4.74 Å². The lowest BCUT2D eigenvalue weighted by molar-refractivity contribution is 0.412. The first kappa shape index (κ1) is 7.60. The molecule has 0 saturated heterocycles. The van der Waals surface area contributed by atoms with Crippen LogP contribution in [-0.4, -0.2) is 13.6 Å². The molecule has 58 valence electrons. The summed E-state index contributed by atoms with van der Waals surface area (Å²) in [5.74, 6) is 1.18. The van der Waals surface area contributed by atoms with E-state index in [2.05, 4.69) is 4.74 Å². The van der Waals surface area contributed by atoms with Crippen LogP contribution < -0.4 is 9.47 Å². The normalized spacial score (nSPS) is 8.82. The highest BCUT2D eigenvalue weighted by Crippen LogP contribution is 2.15. The molecule has 0 heterocycles. The van der Waals surface area contributed by atoms with E-state index < -0.39 is 0 Å². The molecule has 1 aromatic carbocycles. The minimum Gasteiger partial charge on any atom is -0.610 e. The van der Waals surface area contributed by atoms with Crippen LogP contribution in [0.3, 0.4) is 0 Å². The van der Waals surface area contributed by atoms with E-state index in [1.807, 2.05) is 0 Å². The largest absolute Gasteiger partial charge is 0.610 e. The van der Waals surface area contributed by atoms with Crippen molar-refractivity contribution >= 4 is 6.47 Å². The van der Waals surface area contributed by atoms with Gasteiger partial charge in [-0.25, -0.2) is 0 Å². The Labute approximate surface area is 64.5 Å². The molecule has 1 aromatic rings. The van der Waals surface area contributed by atoms with E-state index in [1.54, 1.807) is 31.4 Å². The Morgan fingerprint density at radius 2 is 1.73 bits per heavy atom. The molecule has 3 nitrogen and oxygen atoms in total. The van der Waals surface area contributed by atoms with Gasteiger partial charge in [0, 0.05) is 0 Å². The van der Waals surface area contributed by atoms with Crippen LogP contribution in [0.25, 0.3) is 0 Å². The van der Waals surface area contributed by atoms with Gasteiger partial charge in [-0.2, -0.15) is 0 Å². The number of ether oxygens (including phenoxy) is 2. The van der Waals surface area contributed by atoms with Crippen molar-refractivity contribution in [2.24, 2.45) is 0 Å². The van der Waals surface area contributed by atoms with Crippen molar-refractivity contribution in [3.05, 3.63) is 24.3 Å². The zero-order valence-corrected chi connectivity index (χ0v) is 6.03. The second kappa shape index (κ2) is 3.61. The minimum absolute atomic E-state index is 0.459. The number of hydrogen-bond donors (Lipinski definition) is 0. The fourth-order valence-corrected chi connectivity index (χ4v) is 0.692. The number of rotatable bonds is 3. The molecule has 11 heavy (non-hydrogen) atoms. The van der Waals surface area contributed by atoms with Gasteiger partial charge in [0.25, 0.3) is 0 Å². The van der Waals surface area contributed by atoms with Gasteiger partial charge in [0.1, 0.15) is 5.75 Å². The molecule has 0 unspecified atom stereocenters. The zero-order valence-electron chi connectivity index (χ0n) is 6.03. The smallest absolute Gasteiger partial charge is 0.170 e. The predicted octanol–water partition coefficient (Wildman–Crippen LogP) is 1.14. The highest BCUT2D eigenvalue weighted by Gasteiger charge is 1.85. The molecule has 0 aromatic heterocycles. The zero-order chi connectivity index (χ0) is 8.10. The van der Waals surface area contributed by atoms with Crippen LogP contribution in [0.1, 0.15) is 0 Å². The number of carbonyl (C=O) groups excluding carboxylic acids is 1. The van der Waals surface area contributed by atoms with E-state index >= 15 is 0 Å². The van der Waals surface area contributed by atoms with Crippen LogP contribution in [0.15, 0.2) is 24.3 Å². The third kappa shape index (κ3) is 1.97. The van der Waals surface area contributed by atoms with Crippen LogP contribution in [0, 0.1) is 0 Å². The molecule has 0 N–H and O–H groups in total. The van der Waals surface area contributed by atoms with Gasteiger partial charge in [0.05, 0.1) is 7.11 Å². The van der Waals surface area contributed by atoms with Gasteiger partial charge in [-0.15, -0.1) is 12.1 Å². The van der Waals surface area contributed by atoms with Gasteiger partial charge in [-0.1, -0.05) is 0 Å². The van der Waals surface area contributed by atoms with Gasteiger partial charge in [-0.05, 0) is 17.9 Å². The first-order valence-corrected chi connectivity index (χ1v) is 3.05. The Hall–Kier alpha value is -1.51. The van der Waals surface area contributed by atoms with E-state index in [1.165, 1.54) is 6.47 Å². The van der Waals surface area contributed by atoms with E-state index in [-0.39, 0.29) is 0 Å². The Bertz CT molecular complexity index is 228. The van der Waals surface area contributed by atoms with Crippen LogP contribution in [0.5, 0.6) is 11.5 Å². The minimum atomic E-state index is 0.459. The molecule has 0 saturated carbocycles. The summed E-state index contributed by atoms with van der Waals surface area (Å²) in [7, 11) is 1.57. The van der Waals surface area contributed by atoms with Crippen molar-refractivity contribution in [2.75, 3.05) is 7.11 Å². The fraction of sp³-hybridized carbons (Fsp3) is 0.125. The first-order valence-electron chi connectivity index (χ1n) is 3.05.